The Morgan fingerprint density at radius 1 is 1.09 bits per heavy atom. The van der Waals surface area contributed by atoms with Crippen LogP contribution in [0.1, 0.15) is 71.1 Å². The van der Waals surface area contributed by atoms with Crippen molar-refractivity contribution in [2.24, 2.45) is 5.73 Å². The van der Waals surface area contributed by atoms with Crippen LogP contribution in [-0.2, 0) is 4.79 Å². The molecule has 0 aliphatic heterocycles. The maximum Gasteiger partial charge on any atom is 0.321 e. The van der Waals surface area contributed by atoms with Crippen LogP contribution in [0.25, 0.3) is 0 Å². The predicted octanol–water partition coefficient (Wildman–Crippen LogP) is 3.42. The zero-order chi connectivity index (χ0) is 17.3. The van der Waals surface area contributed by atoms with Crippen LogP contribution in [0, 0.1) is 11.8 Å². The average Bonchev–Trinajstić information content (AvgIpc) is 2.52. The molecule has 0 aromatic heterocycles. The molecule has 0 aromatic carbocycles. The van der Waals surface area contributed by atoms with Crippen molar-refractivity contribution in [3.8, 4) is 11.8 Å². The van der Waals surface area contributed by atoms with E-state index in [1.54, 1.807) is 0 Å². The zero-order valence-electron chi connectivity index (χ0n) is 14.4. The summed E-state index contributed by atoms with van der Waals surface area (Å²) in [7, 11) is 0. The van der Waals surface area contributed by atoms with Crippen molar-refractivity contribution in [3.63, 3.8) is 0 Å². The van der Waals surface area contributed by atoms with Crippen molar-refractivity contribution in [1.29, 1.82) is 0 Å². The Balaban J connectivity index is 3.42. The third-order valence-electron chi connectivity index (χ3n) is 3.64. The van der Waals surface area contributed by atoms with Gasteiger partial charge in [0.25, 0.3) is 0 Å². The first-order valence-corrected chi connectivity index (χ1v) is 9.96. The number of aliphatic hydroxyl groups is 1. The van der Waals surface area contributed by atoms with Crippen LogP contribution < -0.4 is 5.73 Å². The smallest absolute Gasteiger partial charge is 0.321 e. The number of unbranched alkanes of at least 4 members (excludes halogenated alkanes) is 8. The molecule has 4 nitrogen and oxygen atoms in total. The Morgan fingerprint density at radius 2 is 1.65 bits per heavy atom. The second-order valence-corrected chi connectivity index (χ2v) is 6.94. The van der Waals surface area contributed by atoms with Crippen LogP contribution in [0.4, 0.5) is 0 Å². The molecular formula is C18H33NO3S. The average molecular weight is 344 g/mol. The molecule has 4 N–H and O–H groups in total. The SMILES string of the molecule is CCCCCCCCCCCC(O)C#CCSCC(N)C(=O)O. The summed E-state index contributed by atoms with van der Waals surface area (Å²) in [6.07, 6.45) is 11.6. The molecule has 0 radical (unpaired) electrons. The molecule has 0 aliphatic carbocycles. The number of carboxylic acid groups (broad SMARTS) is 1. The Kier molecular flexibility index (Phi) is 15.7. The summed E-state index contributed by atoms with van der Waals surface area (Å²) < 4.78 is 0. The van der Waals surface area contributed by atoms with Gasteiger partial charge in [0, 0.05) is 5.75 Å². The molecule has 2 atom stereocenters. The lowest BCUT2D eigenvalue weighted by Gasteiger charge is -2.04. The van der Waals surface area contributed by atoms with Crippen molar-refractivity contribution in [1.82, 2.24) is 0 Å². The van der Waals surface area contributed by atoms with Crippen LogP contribution in [0.5, 0.6) is 0 Å². The molecule has 134 valence electrons. The van der Waals surface area contributed by atoms with Gasteiger partial charge in [-0.15, -0.1) is 11.8 Å². The molecule has 0 amide bonds. The maximum atomic E-state index is 10.5. The van der Waals surface area contributed by atoms with Crippen LogP contribution in [0.3, 0.4) is 0 Å². The predicted molar refractivity (Wildman–Crippen MR) is 98.6 cm³/mol. The summed E-state index contributed by atoms with van der Waals surface area (Å²) >= 11 is 1.38. The lowest BCUT2D eigenvalue weighted by Crippen LogP contribution is -2.32. The quantitative estimate of drug-likeness (QED) is 0.332. The van der Waals surface area contributed by atoms with Crippen LogP contribution in [0.2, 0.25) is 0 Å². The maximum absolute atomic E-state index is 10.5. The Morgan fingerprint density at radius 3 is 2.22 bits per heavy atom. The normalized spacial score (nSPS) is 13.2. The van der Waals surface area contributed by atoms with E-state index in [1.807, 2.05) is 0 Å². The molecule has 0 saturated carbocycles. The van der Waals surface area contributed by atoms with E-state index >= 15 is 0 Å². The number of thioether (sulfide) groups is 1. The van der Waals surface area contributed by atoms with E-state index in [9.17, 15) is 9.90 Å². The monoisotopic (exact) mass is 343 g/mol. The van der Waals surface area contributed by atoms with Gasteiger partial charge in [-0.05, 0) is 12.8 Å². The molecule has 2 unspecified atom stereocenters. The summed E-state index contributed by atoms with van der Waals surface area (Å²) in [5.74, 6) is 5.55. The number of nitrogens with two attached hydrogens (primary N) is 1. The largest absolute Gasteiger partial charge is 0.480 e. The van der Waals surface area contributed by atoms with Crippen molar-refractivity contribution in [3.05, 3.63) is 0 Å². The fourth-order valence-electron chi connectivity index (χ4n) is 2.19. The van der Waals surface area contributed by atoms with E-state index in [0.29, 0.717) is 11.5 Å². The van der Waals surface area contributed by atoms with E-state index in [4.69, 9.17) is 10.8 Å². The fraction of sp³-hybridized carbons (Fsp3) is 0.833. The molecular weight excluding hydrogens is 310 g/mol. The van der Waals surface area contributed by atoms with E-state index < -0.39 is 18.1 Å². The summed E-state index contributed by atoms with van der Waals surface area (Å²) in [5.41, 5.74) is 5.38. The number of carboxylic acids is 1. The summed E-state index contributed by atoms with van der Waals surface area (Å²) in [4.78, 5) is 10.5. The van der Waals surface area contributed by atoms with Gasteiger partial charge in [0.2, 0.25) is 0 Å². The molecule has 23 heavy (non-hydrogen) atoms. The van der Waals surface area contributed by atoms with Crippen LogP contribution >= 0.6 is 11.8 Å². The number of hydrogen-bond acceptors (Lipinski definition) is 4. The van der Waals surface area contributed by atoms with E-state index in [0.717, 1.165) is 19.3 Å². The Labute approximate surface area is 145 Å². The highest BCUT2D eigenvalue weighted by Gasteiger charge is 2.09. The molecule has 0 rings (SSSR count). The highest BCUT2D eigenvalue weighted by atomic mass is 32.2. The van der Waals surface area contributed by atoms with Crippen LogP contribution in [-0.4, -0.2) is 39.8 Å². The van der Waals surface area contributed by atoms with Gasteiger partial charge in [-0.25, -0.2) is 0 Å². The molecule has 0 saturated heterocycles. The number of aliphatic carboxylic acids is 1. The van der Waals surface area contributed by atoms with E-state index in [1.165, 1.54) is 56.7 Å². The lowest BCUT2D eigenvalue weighted by molar-refractivity contribution is -0.137. The molecule has 5 heteroatoms. The zero-order valence-corrected chi connectivity index (χ0v) is 15.2. The highest BCUT2D eigenvalue weighted by Crippen LogP contribution is 2.11. The van der Waals surface area contributed by atoms with Gasteiger partial charge >= 0.3 is 5.97 Å². The number of aliphatic hydroxyl groups excluding tert-OH is 1. The molecule has 0 spiro atoms. The van der Waals surface area contributed by atoms with Crippen molar-refractivity contribution < 1.29 is 15.0 Å². The number of carbonyl (C=O) groups is 1. The summed E-state index contributed by atoms with van der Waals surface area (Å²) in [5, 5.41) is 18.4. The van der Waals surface area contributed by atoms with Crippen LogP contribution in [0.15, 0.2) is 0 Å². The van der Waals surface area contributed by atoms with Crippen molar-refractivity contribution in [2.45, 2.75) is 83.3 Å². The van der Waals surface area contributed by atoms with Gasteiger partial charge in [0.15, 0.2) is 0 Å². The fourth-order valence-corrected chi connectivity index (χ4v) is 2.89. The third kappa shape index (κ3) is 16.0. The van der Waals surface area contributed by atoms with Gasteiger partial charge in [-0.1, -0.05) is 70.1 Å². The Bertz CT molecular complexity index is 352. The lowest BCUT2D eigenvalue weighted by atomic mass is 10.1. The van der Waals surface area contributed by atoms with Gasteiger partial charge in [0.1, 0.15) is 12.1 Å². The van der Waals surface area contributed by atoms with E-state index in [2.05, 4.69) is 18.8 Å². The topological polar surface area (TPSA) is 83.5 Å². The van der Waals surface area contributed by atoms with Gasteiger partial charge in [0.05, 0.1) is 5.75 Å². The summed E-state index contributed by atoms with van der Waals surface area (Å²) in [6, 6.07) is -0.839. The van der Waals surface area contributed by atoms with Crippen molar-refractivity contribution in [2.75, 3.05) is 11.5 Å². The minimum Gasteiger partial charge on any atom is -0.480 e. The standard InChI is InChI=1S/C18H33NO3S/c1-2-3-4-5-6-7-8-9-10-12-16(20)13-11-14-23-15-17(19)18(21)22/h16-17,20H,2-10,12,14-15,19H2,1H3,(H,21,22). The molecule has 0 heterocycles. The number of hydrogen-bond donors (Lipinski definition) is 3. The van der Waals surface area contributed by atoms with Gasteiger partial charge < -0.3 is 15.9 Å². The van der Waals surface area contributed by atoms with Gasteiger partial charge in [-0.3, -0.25) is 4.79 Å². The molecule has 0 aliphatic rings. The molecule has 0 aromatic rings. The second kappa shape index (κ2) is 16.2. The first kappa shape index (κ1) is 22.3. The minimum atomic E-state index is -0.990. The first-order chi connectivity index (χ1) is 11.1. The Hall–Kier alpha value is -0.700. The first-order valence-electron chi connectivity index (χ1n) is 8.80. The van der Waals surface area contributed by atoms with E-state index in [-0.39, 0.29) is 0 Å². The summed E-state index contributed by atoms with van der Waals surface area (Å²) in [6.45, 7) is 2.23. The molecule has 0 fully saturated rings. The third-order valence-corrected chi connectivity index (χ3v) is 4.58. The van der Waals surface area contributed by atoms with Crippen molar-refractivity contribution >= 4 is 17.7 Å². The molecule has 0 bridgehead atoms. The minimum absolute atomic E-state index is 0.346. The number of rotatable bonds is 14. The second-order valence-electron chi connectivity index (χ2n) is 5.91. The highest BCUT2D eigenvalue weighted by molar-refractivity contribution is 7.99. The van der Waals surface area contributed by atoms with Gasteiger partial charge in [-0.2, -0.15) is 0 Å².